The SMILES string of the molecule is CCC(CCN)CNC(=O)CC12CC3CC(CC(C3)C1)C2. The van der Waals surface area contributed by atoms with Crippen molar-refractivity contribution >= 4 is 5.91 Å². The van der Waals surface area contributed by atoms with Crippen LogP contribution in [0.2, 0.25) is 0 Å². The molecule has 1 atom stereocenters. The Morgan fingerprint density at radius 1 is 1.19 bits per heavy atom. The summed E-state index contributed by atoms with van der Waals surface area (Å²) in [5.74, 6) is 3.65. The second kappa shape index (κ2) is 6.28. The number of hydrogen-bond donors (Lipinski definition) is 2. The highest BCUT2D eigenvalue weighted by Crippen LogP contribution is 2.61. The predicted octanol–water partition coefficient (Wildman–Crippen LogP) is 3.08. The molecular formula is C18H32N2O. The van der Waals surface area contributed by atoms with E-state index in [2.05, 4.69) is 12.2 Å². The van der Waals surface area contributed by atoms with Crippen molar-refractivity contribution in [2.45, 2.75) is 64.7 Å². The lowest BCUT2D eigenvalue weighted by Crippen LogP contribution is -2.48. The van der Waals surface area contributed by atoms with Gasteiger partial charge >= 0.3 is 0 Å². The molecule has 3 N–H and O–H groups in total. The standard InChI is InChI=1S/C18H32N2O/c1-2-13(3-4-19)12-20-17(21)11-18-8-14-5-15(9-18)7-16(6-14)10-18/h13-16H,2-12,19H2,1H3,(H,20,21). The summed E-state index contributed by atoms with van der Waals surface area (Å²) in [4.78, 5) is 12.4. The van der Waals surface area contributed by atoms with Gasteiger partial charge in [0.15, 0.2) is 0 Å². The van der Waals surface area contributed by atoms with Crippen LogP contribution in [0.4, 0.5) is 0 Å². The van der Waals surface area contributed by atoms with E-state index in [1.807, 2.05) is 0 Å². The van der Waals surface area contributed by atoms with Crippen LogP contribution in [0.15, 0.2) is 0 Å². The van der Waals surface area contributed by atoms with Gasteiger partial charge in [-0.15, -0.1) is 0 Å². The molecule has 4 saturated carbocycles. The zero-order valence-corrected chi connectivity index (χ0v) is 13.6. The maximum atomic E-state index is 12.4. The molecule has 4 aliphatic rings. The summed E-state index contributed by atoms with van der Waals surface area (Å²) in [7, 11) is 0. The van der Waals surface area contributed by atoms with Crippen LogP contribution in [-0.2, 0) is 4.79 Å². The molecule has 4 bridgehead atoms. The van der Waals surface area contributed by atoms with E-state index in [1.54, 1.807) is 0 Å². The normalized spacial score (nSPS) is 38.5. The largest absolute Gasteiger partial charge is 0.356 e. The molecule has 1 amide bonds. The molecule has 0 aromatic rings. The second-order valence-electron chi connectivity index (χ2n) is 8.25. The van der Waals surface area contributed by atoms with E-state index in [0.717, 1.165) is 50.1 Å². The minimum absolute atomic E-state index is 0.299. The molecule has 4 rings (SSSR count). The molecule has 0 radical (unpaired) electrons. The Morgan fingerprint density at radius 3 is 2.24 bits per heavy atom. The smallest absolute Gasteiger partial charge is 0.220 e. The van der Waals surface area contributed by atoms with Gasteiger partial charge in [-0.25, -0.2) is 0 Å². The third-order valence-corrected chi connectivity index (χ3v) is 6.44. The lowest BCUT2D eigenvalue weighted by Gasteiger charge is -2.56. The molecule has 1 unspecified atom stereocenters. The van der Waals surface area contributed by atoms with Gasteiger partial charge in [0.05, 0.1) is 0 Å². The van der Waals surface area contributed by atoms with Crippen molar-refractivity contribution in [2.75, 3.05) is 13.1 Å². The highest BCUT2D eigenvalue weighted by atomic mass is 16.1. The number of hydrogen-bond acceptors (Lipinski definition) is 2. The molecule has 4 fully saturated rings. The van der Waals surface area contributed by atoms with Crippen molar-refractivity contribution in [3.8, 4) is 0 Å². The van der Waals surface area contributed by atoms with Gasteiger partial charge in [-0.1, -0.05) is 13.3 Å². The average molecular weight is 292 g/mol. The zero-order valence-electron chi connectivity index (χ0n) is 13.6. The number of nitrogens with one attached hydrogen (secondary N) is 1. The average Bonchev–Trinajstić information content (AvgIpc) is 2.41. The molecule has 0 spiro atoms. The lowest BCUT2D eigenvalue weighted by atomic mass is 9.49. The Balaban J connectivity index is 1.50. The van der Waals surface area contributed by atoms with Gasteiger partial charge < -0.3 is 11.1 Å². The first-order chi connectivity index (χ1) is 10.1. The molecule has 120 valence electrons. The van der Waals surface area contributed by atoms with Crippen molar-refractivity contribution in [1.82, 2.24) is 5.32 Å². The van der Waals surface area contributed by atoms with Crippen molar-refractivity contribution in [3.05, 3.63) is 0 Å². The van der Waals surface area contributed by atoms with Crippen LogP contribution in [0.5, 0.6) is 0 Å². The van der Waals surface area contributed by atoms with E-state index in [-0.39, 0.29) is 0 Å². The number of carbonyl (C=O) groups excluding carboxylic acids is 1. The quantitative estimate of drug-likeness (QED) is 0.757. The monoisotopic (exact) mass is 292 g/mol. The highest BCUT2D eigenvalue weighted by molar-refractivity contribution is 5.76. The van der Waals surface area contributed by atoms with Gasteiger partial charge in [0.25, 0.3) is 0 Å². The lowest BCUT2D eigenvalue weighted by molar-refractivity contribution is -0.129. The summed E-state index contributed by atoms with van der Waals surface area (Å²) in [6, 6.07) is 0. The summed E-state index contributed by atoms with van der Waals surface area (Å²) in [6.45, 7) is 3.73. The van der Waals surface area contributed by atoms with Crippen molar-refractivity contribution in [1.29, 1.82) is 0 Å². The van der Waals surface area contributed by atoms with Crippen molar-refractivity contribution in [2.24, 2.45) is 34.8 Å². The van der Waals surface area contributed by atoms with Crippen LogP contribution in [0.1, 0.15) is 64.7 Å². The number of nitrogens with two attached hydrogens (primary N) is 1. The van der Waals surface area contributed by atoms with Gasteiger partial charge in [-0.3, -0.25) is 4.79 Å². The minimum atomic E-state index is 0.299. The first kappa shape index (κ1) is 15.3. The summed E-state index contributed by atoms with van der Waals surface area (Å²) < 4.78 is 0. The molecule has 0 saturated heterocycles. The molecule has 0 aromatic carbocycles. The minimum Gasteiger partial charge on any atom is -0.356 e. The summed E-state index contributed by atoms with van der Waals surface area (Å²) in [5.41, 5.74) is 6.00. The maximum absolute atomic E-state index is 12.4. The van der Waals surface area contributed by atoms with Gasteiger partial charge in [-0.05, 0) is 80.6 Å². The fourth-order valence-electron chi connectivity index (χ4n) is 5.85. The van der Waals surface area contributed by atoms with E-state index in [1.165, 1.54) is 38.5 Å². The van der Waals surface area contributed by atoms with E-state index in [4.69, 9.17) is 5.73 Å². The van der Waals surface area contributed by atoms with Crippen molar-refractivity contribution in [3.63, 3.8) is 0 Å². The van der Waals surface area contributed by atoms with E-state index >= 15 is 0 Å². The Labute approximate surface area is 129 Å². The number of amides is 1. The maximum Gasteiger partial charge on any atom is 0.220 e. The first-order valence-corrected chi connectivity index (χ1v) is 9.09. The summed E-state index contributed by atoms with van der Waals surface area (Å²) >= 11 is 0. The molecule has 4 aliphatic carbocycles. The van der Waals surface area contributed by atoms with Gasteiger partial charge in [0, 0.05) is 13.0 Å². The van der Waals surface area contributed by atoms with Crippen LogP contribution in [0.3, 0.4) is 0 Å². The third-order valence-electron chi connectivity index (χ3n) is 6.44. The molecule has 0 aromatic heterocycles. The van der Waals surface area contributed by atoms with Crippen LogP contribution < -0.4 is 11.1 Å². The third kappa shape index (κ3) is 3.44. The van der Waals surface area contributed by atoms with Gasteiger partial charge in [0.1, 0.15) is 0 Å². The van der Waals surface area contributed by atoms with Gasteiger partial charge in [-0.2, -0.15) is 0 Å². The van der Waals surface area contributed by atoms with Crippen LogP contribution in [0.25, 0.3) is 0 Å². The summed E-state index contributed by atoms with van der Waals surface area (Å²) in [5, 5.41) is 3.20. The molecule has 3 nitrogen and oxygen atoms in total. The van der Waals surface area contributed by atoms with E-state index in [9.17, 15) is 4.79 Å². The van der Waals surface area contributed by atoms with Crippen molar-refractivity contribution < 1.29 is 4.79 Å². The Hall–Kier alpha value is -0.570. The molecule has 0 aliphatic heterocycles. The fraction of sp³-hybridized carbons (Fsp3) is 0.944. The topological polar surface area (TPSA) is 55.1 Å². The fourth-order valence-corrected chi connectivity index (χ4v) is 5.85. The predicted molar refractivity (Wildman–Crippen MR) is 85.7 cm³/mol. The summed E-state index contributed by atoms with van der Waals surface area (Å²) in [6.07, 6.45) is 11.3. The molecule has 21 heavy (non-hydrogen) atoms. The van der Waals surface area contributed by atoms with Crippen LogP contribution >= 0.6 is 0 Å². The first-order valence-electron chi connectivity index (χ1n) is 9.09. The van der Waals surface area contributed by atoms with E-state index in [0.29, 0.717) is 17.2 Å². The zero-order chi connectivity index (χ0) is 14.9. The number of rotatable bonds is 7. The Bertz CT molecular complexity index is 344. The van der Waals surface area contributed by atoms with Gasteiger partial charge in [0.2, 0.25) is 5.91 Å². The Morgan fingerprint density at radius 2 is 1.76 bits per heavy atom. The molecular weight excluding hydrogens is 260 g/mol. The molecule has 3 heteroatoms. The van der Waals surface area contributed by atoms with Crippen LogP contribution in [0, 0.1) is 29.1 Å². The highest BCUT2D eigenvalue weighted by Gasteiger charge is 2.51. The van der Waals surface area contributed by atoms with Crippen LogP contribution in [-0.4, -0.2) is 19.0 Å². The van der Waals surface area contributed by atoms with E-state index < -0.39 is 0 Å². The number of carbonyl (C=O) groups is 1. The second-order valence-corrected chi connectivity index (χ2v) is 8.25. The Kier molecular flexibility index (Phi) is 4.58. The molecule has 0 heterocycles.